The van der Waals surface area contributed by atoms with Crippen molar-refractivity contribution in [2.45, 2.75) is 51.4 Å². The molecule has 3 aromatic carbocycles. The van der Waals surface area contributed by atoms with E-state index in [0.29, 0.717) is 18.4 Å². The summed E-state index contributed by atoms with van der Waals surface area (Å²) in [6, 6.07) is 14.6. The molecule has 166 valence electrons. The number of hydrogen-bond acceptors (Lipinski definition) is 1. The van der Waals surface area contributed by atoms with Gasteiger partial charge in [-0.25, -0.2) is 8.78 Å². The zero-order valence-electron chi connectivity index (χ0n) is 18.4. The number of primary amides is 1. The quantitative estimate of drug-likeness (QED) is 0.446. The van der Waals surface area contributed by atoms with Crippen molar-refractivity contribution < 1.29 is 13.6 Å². The van der Waals surface area contributed by atoms with E-state index < -0.39 is 17.5 Å². The van der Waals surface area contributed by atoms with Gasteiger partial charge in [-0.1, -0.05) is 75.2 Å². The van der Waals surface area contributed by atoms with Gasteiger partial charge in [-0.05, 0) is 53.1 Å². The van der Waals surface area contributed by atoms with Crippen molar-refractivity contribution in [2.75, 3.05) is 0 Å². The molecule has 1 aliphatic carbocycles. The van der Waals surface area contributed by atoms with E-state index in [9.17, 15) is 4.79 Å². The molecular formula is C27H26ClF2NO. The fraction of sp³-hybridized carbons (Fsp3) is 0.296. The molecule has 5 heteroatoms. The van der Waals surface area contributed by atoms with Crippen LogP contribution in [0.25, 0.3) is 11.1 Å². The Hall–Kier alpha value is -2.72. The minimum Gasteiger partial charge on any atom is -0.366 e. The molecule has 0 fully saturated rings. The predicted molar refractivity (Wildman–Crippen MR) is 125 cm³/mol. The SMILES string of the molecule is CCCc1ccc(C(N)=O)c(-c2c(Cl)c(F)cc3c2C(C)C(C)(c2ccccc2)C3)c1F. The lowest BCUT2D eigenvalue weighted by Gasteiger charge is -2.31. The number of rotatable bonds is 5. The third kappa shape index (κ3) is 3.41. The summed E-state index contributed by atoms with van der Waals surface area (Å²) in [6.07, 6.45) is 1.80. The Balaban J connectivity index is 2.03. The van der Waals surface area contributed by atoms with Crippen LogP contribution in [-0.2, 0) is 18.3 Å². The standard InChI is InChI=1S/C27H26ClF2NO/c1-4-8-16-11-12-19(26(31)32)22(25(16)30)23-21-15(2)27(3,18-9-6-5-7-10-18)14-17(21)13-20(29)24(23)28/h5-7,9-13,15H,4,8,14H2,1-3H3,(H2,31,32). The molecule has 0 saturated heterocycles. The Morgan fingerprint density at radius 3 is 2.47 bits per heavy atom. The molecule has 2 atom stereocenters. The first-order chi connectivity index (χ1) is 15.2. The summed E-state index contributed by atoms with van der Waals surface area (Å²) in [6.45, 7) is 6.12. The van der Waals surface area contributed by atoms with Crippen molar-refractivity contribution in [3.8, 4) is 11.1 Å². The maximum atomic E-state index is 15.8. The van der Waals surface area contributed by atoms with Crippen LogP contribution in [0.2, 0.25) is 5.02 Å². The lowest BCUT2D eigenvalue weighted by molar-refractivity contribution is 0.100. The van der Waals surface area contributed by atoms with Gasteiger partial charge in [0.05, 0.1) is 5.02 Å². The van der Waals surface area contributed by atoms with Gasteiger partial charge >= 0.3 is 0 Å². The fourth-order valence-corrected chi connectivity index (χ4v) is 5.40. The van der Waals surface area contributed by atoms with Gasteiger partial charge in [0, 0.05) is 22.1 Å². The zero-order chi connectivity index (χ0) is 23.2. The summed E-state index contributed by atoms with van der Waals surface area (Å²) >= 11 is 6.50. The normalized spacial score (nSPS) is 19.8. The first-order valence-electron chi connectivity index (χ1n) is 10.9. The Labute approximate surface area is 192 Å². The highest BCUT2D eigenvalue weighted by atomic mass is 35.5. The molecule has 0 saturated carbocycles. The van der Waals surface area contributed by atoms with Crippen molar-refractivity contribution in [1.29, 1.82) is 0 Å². The van der Waals surface area contributed by atoms with Crippen LogP contribution in [0, 0.1) is 11.6 Å². The number of fused-ring (bicyclic) bond motifs is 1. The summed E-state index contributed by atoms with van der Waals surface area (Å²) in [5, 5.41) is -0.178. The van der Waals surface area contributed by atoms with Crippen LogP contribution in [0.15, 0.2) is 48.5 Å². The van der Waals surface area contributed by atoms with Gasteiger partial charge in [0.1, 0.15) is 11.6 Å². The molecule has 4 rings (SSSR count). The number of benzene rings is 3. The molecule has 1 amide bonds. The Morgan fingerprint density at radius 1 is 1.16 bits per heavy atom. The van der Waals surface area contributed by atoms with Gasteiger partial charge in [0.15, 0.2) is 0 Å². The van der Waals surface area contributed by atoms with Crippen molar-refractivity contribution in [2.24, 2.45) is 5.73 Å². The van der Waals surface area contributed by atoms with Gasteiger partial charge < -0.3 is 5.73 Å². The average Bonchev–Trinajstić information content (AvgIpc) is 3.02. The molecule has 0 radical (unpaired) electrons. The number of carbonyl (C=O) groups excluding carboxylic acids is 1. The van der Waals surface area contributed by atoms with Crippen LogP contribution in [-0.4, -0.2) is 5.91 Å². The van der Waals surface area contributed by atoms with Crippen LogP contribution in [0.4, 0.5) is 8.78 Å². The molecule has 32 heavy (non-hydrogen) atoms. The molecule has 2 nitrogen and oxygen atoms in total. The van der Waals surface area contributed by atoms with Crippen molar-refractivity contribution in [3.63, 3.8) is 0 Å². The van der Waals surface area contributed by atoms with E-state index in [4.69, 9.17) is 17.3 Å². The monoisotopic (exact) mass is 453 g/mol. The highest BCUT2D eigenvalue weighted by Crippen LogP contribution is 2.54. The second-order valence-electron chi connectivity index (χ2n) is 8.88. The van der Waals surface area contributed by atoms with Gasteiger partial charge in [0.2, 0.25) is 5.91 Å². The van der Waals surface area contributed by atoms with Crippen LogP contribution in [0.3, 0.4) is 0 Å². The van der Waals surface area contributed by atoms with Crippen molar-refractivity contribution in [3.05, 3.63) is 93.0 Å². The molecule has 0 aromatic heterocycles. The fourth-order valence-electron chi connectivity index (χ4n) is 5.15. The van der Waals surface area contributed by atoms with E-state index >= 15 is 8.78 Å². The Bertz CT molecular complexity index is 1210. The smallest absolute Gasteiger partial charge is 0.249 e. The largest absolute Gasteiger partial charge is 0.366 e. The van der Waals surface area contributed by atoms with Gasteiger partial charge in [-0.15, -0.1) is 0 Å². The van der Waals surface area contributed by atoms with Gasteiger partial charge in [-0.3, -0.25) is 4.79 Å². The molecule has 2 N–H and O–H groups in total. The number of aryl methyl sites for hydroxylation is 1. The molecular weight excluding hydrogens is 428 g/mol. The van der Waals surface area contributed by atoms with Crippen LogP contribution >= 0.6 is 11.6 Å². The number of halogens is 3. The molecule has 3 aromatic rings. The van der Waals surface area contributed by atoms with E-state index in [0.717, 1.165) is 23.1 Å². The molecule has 0 bridgehead atoms. The van der Waals surface area contributed by atoms with Gasteiger partial charge in [0.25, 0.3) is 0 Å². The van der Waals surface area contributed by atoms with Crippen LogP contribution in [0.5, 0.6) is 0 Å². The summed E-state index contributed by atoms with van der Waals surface area (Å²) in [5.41, 5.74) is 8.67. The number of carbonyl (C=O) groups is 1. The molecule has 0 aliphatic heterocycles. The third-order valence-corrected chi connectivity index (χ3v) is 7.35. The van der Waals surface area contributed by atoms with Crippen LogP contribution in [0.1, 0.15) is 65.7 Å². The number of amides is 1. The Kier molecular flexibility index (Phi) is 5.85. The van der Waals surface area contributed by atoms with Crippen molar-refractivity contribution >= 4 is 17.5 Å². The van der Waals surface area contributed by atoms with Gasteiger partial charge in [-0.2, -0.15) is 0 Å². The highest BCUT2D eigenvalue weighted by Gasteiger charge is 2.44. The number of hydrogen-bond donors (Lipinski definition) is 1. The number of nitrogens with two attached hydrogens (primary N) is 1. The molecule has 2 unspecified atom stereocenters. The average molecular weight is 454 g/mol. The molecule has 1 aliphatic rings. The lowest BCUT2D eigenvalue weighted by atomic mass is 9.72. The van der Waals surface area contributed by atoms with Crippen molar-refractivity contribution in [1.82, 2.24) is 0 Å². The molecule has 0 spiro atoms. The predicted octanol–water partition coefficient (Wildman–Crippen LogP) is 6.95. The lowest BCUT2D eigenvalue weighted by Crippen LogP contribution is -2.25. The summed E-state index contributed by atoms with van der Waals surface area (Å²) in [7, 11) is 0. The Morgan fingerprint density at radius 2 is 1.84 bits per heavy atom. The minimum atomic E-state index is -0.771. The first kappa shape index (κ1) is 22.5. The van der Waals surface area contributed by atoms with Crippen LogP contribution < -0.4 is 5.73 Å². The summed E-state index contributed by atoms with van der Waals surface area (Å²) in [5.74, 6) is -2.05. The maximum Gasteiger partial charge on any atom is 0.249 e. The van der Waals surface area contributed by atoms with E-state index in [1.54, 1.807) is 6.07 Å². The van der Waals surface area contributed by atoms with E-state index in [2.05, 4.69) is 19.1 Å². The second-order valence-corrected chi connectivity index (χ2v) is 9.26. The first-order valence-corrected chi connectivity index (χ1v) is 11.3. The second kappa shape index (κ2) is 8.32. The summed E-state index contributed by atoms with van der Waals surface area (Å²) < 4.78 is 30.8. The van der Waals surface area contributed by atoms with E-state index in [-0.39, 0.29) is 33.0 Å². The van der Waals surface area contributed by atoms with E-state index in [1.807, 2.05) is 32.0 Å². The maximum absolute atomic E-state index is 15.8. The topological polar surface area (TPSA) is 43.1 Å². The third-order valence-electron chi connectivity index (χ3n) is 6.98. The molecule has 0 heterocycles. The summed E-state index contributed by atoms with van der Waals surface area (Å²) in [4.78, 5) is 12.3. The minimum absolute atomic E-state index is 0.00774. The zero-order valence-corrected chi connectivity index (χ0v) is 19.2. The highest BCUT2D eigenvalue weighted by molar-refractivity contribution is 6.34. The van der Waals surface area contributed by atoms with E-state index in [1.165, 1.54) is 12.1 Å².